The zero-order valence-corrected chi connectivity index (χ0v) is 17.3. The minimum atomic E-state index is -0.482. The number of aromatic nitrogens is 4. The van der Waals surface area contributed by atoms with E-state index in [0.29, 0.717) is 17.9 Å². The molecule has 0 spiro atoms. The third-order valence-corrected chi connectivity index (χ3v) is 8.95. The Balaban J connectivity index is 1.35. The lowest BCUT2D eigenvalue weighted by Crippen LogP contribution is -2.47. The Labute approximate surface area is 168 Å². The number of hydrogen-bond donors (Lipinski definition) is 1. The van der Waals surface area contributed by atoms with E-state index in [1.807, 2.05) is 6.92 Å². The van der Waals surface area contributed by atoms with Crippen molar-refractivity contribution in [2.24, 2.45) is 35.0 Å². The van der Waals surface area contributed by atoms with Gasteiger partial charge in [-0.2, -0.15) is 4.80 Å². The van der Waals surface area contributed by atoms with Gasteiger partial charge in [-0.25, -0.2) is 0 Å². The number of fused-ring (bicyclic) bond motifs is 5. The maximum absolute atomic E-state index is 10.5. The van der Waals surface area contributed by atoms with Gasteiger partial charge in [0.2, 0.25) is 0 Å². The van der Waals surface area contributed by atoms with Crippen LogP contribution in [-0.4, -0.2) is 30.9 Å². The predicted molar refractivity (Wildman–Crippen MR) is 108 cm³/mol. The molecule has 0 aliphatic heterocycles. The van der Waals surface area contributed by atoms with Crippen LogP contribution < -0.4 is 0 Å². The highest BCUT2D eigenvalue weighted by atomic mass is 16.3. The van der Waals surface area contributed by atoms with E-state index in [4.69, 9.17) is 0 Å². The van der Waals surface area contributed by atoms with Crippen LogP contribution in [0.25, 0.3) is 0 Å². The average Bonchev–Trinajstić information content (AvgIpc) is 3.27. The van der Waals surface area contributed by atoms with Gasteiger partial charge in [0, 0.05) is 0 Å². The molecule has 1 aromatic heterocycles. The minimum absolute atomic E-state index is 0.365. The summed E-state index contributed by atoms with van der Waals surface area (Å²) in [5, 5.41) is 22.6. The number of hydrogen-bond acceptors (Lipinski definition) is 4. The molecule has 3 fully saturated rings. The third-order valence-electron chi connectivity index (χ3n) is 8.95. The molecule has 5 nitrogen and oxygen atoms in total. The second-order valence-electron chi connectivity index (χ2n) is 10.6. The summed E-state index contributed by atoms with van der Waals surface area (Å²) in [7, 11) is 0. The summed E-state index contributed by atoms with van der Waals surface area (Å²) in [4.78, 5) is 1.67. The Kier molecular flexibility index (Phi) is 4.31. The van der Waals surface area contributed by atoms with Crippen molar-refractivity contribution in [2.75, 3.05) is 0 Å². The number of aliphatic hydroxyl groups is 1. The topological polar surface area (TPSA) is 63.8 Å². The molecule has 1 N–H and O–H groups in total. The molecule has 4 aliphatic carbocycles. The van der Waals surface area contributed by atoms with Crippen LogP contribution in [0.5, 0.6) is 0 Å². The summed E-state index contributed by atoms with van der Waals surface area (Å²) < 4.78 is 0. The molecule has 28 heavy (non-hydrogen) atoms. The fraction of sp³-hybridized carbons (Fsp3) is 0.783. The molecular weight excluding hydrogens is 348 g/mol. The molecule has 0 saturated heterocycles. The summed E-state index contributed by atoms with van der Waals surface area (Å²) in [6.45, 7) is 9.72. The number of nitrogens with zero attached hydrogens (tertiary/aromatic N) is 4. The van der Waals surface area contributed by atoms with Crippen molar-refractivity contribution < 1.29 is 5.11 Å². The van der Waals surface area contributed by atoms with Gasteiger partial charge in [-0.15, -0.1) is 10.2 Å². The molecular formula is C23H34N4O. The van der Waals surface area contributed by atoms with Gasteiger partial charge in [-0.1, -0.05) is 30.7 Å². The Morgan fingerprint density at radius 1 is 1.21 bits per heavy atom. The highest BCUT2D eigenvalue weighted by Crippen LogP contribution is 2.64. The lowest BCUT2D eigenvalue weighted by atomic mass is 9.51. The van der Waals surface area contributed by atoms with Crippen LogP contribution in [0.15, 0.2) is 30.1 Å². The monoisotopic (exact) mass is 382 g/mol. The van der Waals surface area contributed by atoms with Gasteiger partial charge in [-0.05, 0) is 98.5 Å². The lowest BCUT2D eigenvalue weighted by Gasteiger charge is -2.54. The first kappa shape index (κ1) is 18.5. The molecule has 0 aromatic carbocycles. The van der Waals surface area contributed by atoms with E-state index >= 15 is 0 Å². The van der Waals surface area contributed by atoms with E-state index in [1.165, 1.54) is 50.4 Å². The van der Waals surface area contributed by atoms with Crippen molar-refractivity contribution in [3.05, 3.63) is 30.1 Å². The third kappa shape index (κ3) is 2.89. The van der Waals surface area contributed by atoms with Crippen LogP contribution >= 0.6 is 0 Å². The number of allylic oxidation sites excluding steroid dienone is 2. The molecule has 7 atom stereocenters. The maximum atomic E-state index is 10.5. The minimum Gasteiger partial charge on any atom is -0.390 e. The second-order valence-corrected chi connectivity index (χ2v) is 10.6. The van der Waals surface area contributed by atoms with Crippen molar-refractivity contribution in [2.45, 2.75) is 77.4 Å². The van der Waals surface area contributed by atoms with Gasteiger partial charge in [-0.3, -0.25) is 0 Å². The largest absolute Gasteiger partial charge is 0.390 e. The second kappa shape index (κ2) is 6.51. The van der Waals surface area contributed by atoms with Gasteiger partial charge in [0.25, 0.3) is 0 Å². The zero-order chi connectivity index (χ0) is 19.5. The van der Waals surface area contributed by atoms with E-state index in [2.05, 4.69) is 35.0 Å². The van der Waals surface area contributed by atoms with Crippen molar-refractivity contribution in [1.82, 2.24) is 20.2 Å². The summed E-state index contributed by atoms with van der Waals surface area (Å²) in [5.41, 5.74) is 2.73. The van der Waals surface area contributed by atoms with Crippen LogP contribution in [0.2, 0.25) is 0 Å². The smallest absolute Gasteiger partial charge is 0.162 e. The molecule has 5 rings (SSSR count). The Morgan fingerprint density at radius 3 is 2.86 bits per heavy atom. The van der Waals surface area contributed by atoms with Crippen LogP contribution in [0, 0.1) is 35.0 Å². The van der Waals surface area contributed by atoms with Crippen LogP contribution in [0.4, 0.5) is 0 Å². The molecule has 4 aliphatic rings. The lowest BCUT2D eigenvalue weighted by molar-refractivity contribution is -0.0293. The standard InChI is InChI=1S/C23H34N4O/c1-15(13-27-25-14-24-26-27)20-6-7-21-19-5-4-16-12-22(2,28)10-8-17(16)18(19)9-11-23(20,21)3/h4,14,17-21,28H,1,5-13H2,2-3H3/t17-,18+,19+,20+,21-,22+,23+/m0/s1. The highest BCUT2D eigenvalue weighted by Gasteiger charge is 2.56. The van der Waals surface area contributed by atoms with Gasteiger partial charge in [0.15, 0.2) is 6.33 Å². The first-order valence-electron chi connectivity index (χ1n) is 11.2. The normalized spacial score (nSPS) is 45.0. The van der Waals surface area contributed by atoms with Crippen LogP contribution in [0.3, 0.4) is 0 Å². The number of tetrazole rings is 1. The molecule has 0 amide bonds. The van der Waals surface area contributed by atoms with Gasteiger partial charge < -0.3 is 5.11 Å². The fourth-order valence-corrected chi connectivity index (χ4v) is 7.69. The van der Waals surface area contributed by atoms with E-state index in [9.17, 15) is 5.11 Å². The van der Waals surface area contributed by atoms with Crippen LogP contribution in [0.1, 0.15) is 65.2 Å². The molecule has 5 heteroatoms. The average molecular weight is 383 g/mol. The van der Waals surface area contributed by atoms with Crippen molar-refractivity contribution in [1.29, 1.82) is 0 Å². The summed E-state index contributed by atoms with van der Waals surface area (Å²) >= 11 is 0. The zero-order valence-electron chi connectivity index (χ0n) is 17.3. The number of rotatable bonds is 3. The van der Waals surface area contributed by atoms with E-state index < -0.39 is 5.60 Å². The van der Waals surface area contributed by atoms with E-state index in [0.717, 1.165) is 36.5 Å². The maximum Gasteiger partial charge on any atom is 0.162 e. The van der Waals surface area contributed by atoms with E-state index in [-0.39, 0.29) is 0 Å². The molecule has 0 bridgehead atoms. The molecule has 1 heterocycles. The van der Waals surface area contributed by atoms with Crippen molar-refractivity contribution >= 4 is 0 Å². The van der Waals surface area contributed by atoms with Gasteiger partial charge in [0.1, 0.15) is 0 Å². The van der Waals surface area contributed by atoms with Gasteiger partial charge in [0.05, 0.1) is 12.1 Å². The van der Waals surface area contributed by atoms with Crippen molar-refractivity contribution in [3.63, 3.8) is 0 Å². The molecule has 0 radical (unpaired) electrons. The van der Waals surface area contributed by atoms with E-state index in [1.54, 1.807) is 10.4 Å². The molecule has 3 saturated carbocycles. The SMILES string of the molecule is C=C(Cn1ncnn1)[C@H]1CC[C@H]2[C@@H]3CC=C4C[C@](C)(O)CC[C@@H]4[C@H]3CC[C@]12C. The summed E-state index contributed by atoms with van der Waals surface area (Å²) in [6.07, 6.45) is 13.5. The summed E-state index contributed by atoms with van der Waals surface area (Å²) in [6, 6.07) is 0. The highest BCUT2D eigenvalue weighted by molar-refractivity contribution is 5.23. The van der Waals surface area contributed by atoms with Crippen LogP contribution in [-0.2, 0) is 6.54 Å². The fourth-order valence-electron chi connectivity index (χ4n) is 7.69. The Morgan fingerprint density at radius 2 is 2.07 bits per heavy atom. The Hall–Kier alpha value is -1.49. The first-order chi connectivity index (χ1) is 13.4. The summed E-state index contributed by atoms with van der Waals surface area (Å²) in [5.74, 6) is 3.75. The molecule has 152 valence electrons. The Bertz CT molecular complexity index is 783. The van der Waals surface area contributed by atoms with Gasteiger partial charge >= 0.3 is 0 Å². The van der Waals surface area contributed by atoms with Crippen molar-refractivity contribution in [3.8, 4) is 0 Å². The predicted octanol–water partition coefficient (Wildman–Crippen LogP) is 4.17. The molecule has 1 aromatic rings. The molecule has 0 unspecified atom stereocenters. The first-order valence-corrected chi connectivity index (χ1v) is 11.2. The quantitative estimate of drug-likeness (QED) is 0.797.